The van der Waals surface area contributed by atoms with Crippen LogP contribution in [0.2, 0.25) is 0 Å². The molecule has 18 heavy (non-hydrogen) atoms. The van der Waals surface area contributed by atoms with Crippen LogP contribution < -0.4 is 4.74 Å². The molecule has 0 radical (unpaired) electrons. The fraction of sp³-hybridized carbons (Fsp3) is 0.188. The van der Waals surface area contributed by atoms with Crippen LogP contribution in [0.5, 0.6) is 5.75 Å². The van der Waals surface area contributed by atoms with Gasteiger partial charge < -0.3 is 4.74 Å². The number of hydrogen-bond donors (Lipinski definition) is 0. The second kappa shape index (κ2) is 5.05. The number of hydrogen-bond acceptors (Lipinski definition) is 2. The van der Waals surface area contributed by atoms with E-state index in [-0.39, 0.29) is 5.78 Å². The standard InChI is InChI=1S/C16H16O2/c1-11-7-4-5-9-13(11)15(17)14-10-6-8-12(2)16(14)18-3/h4-10H,1-3H3. The smallest absolute Gasteiger partial charge is 0.197 e. The van der Waals surface area contributed by atoms with E-state index >= 15 is 0 Å². The van der Waals surface area contributed by atoms with E-state index in [9.17, 15) is 4.79 Å². The lowest BCUT2D eigenvalue weighted by Gasteiger charge is -2.11. The van der Waals surface area contributed by atoms with Gasteiger partial charge in [-0.05, 0) is 31.0 Å². The maximum atomic E-state index is 12.5. The zero-order valence-corrected chi connectivity index (χ0v) is 10.9. The summed E-state index contributed by atoms with van der Waals surface area (Å²) in [4.78, 5) is 12.5. The summed E-state index contributed by atoms with van der Waals surface area (Å²) < 4.78 is 5.34. The molecule has 0 fully saturated rings. The van der Waals surface area contributed by atoms with E-state index in [2.05, 4.69) is 0 Å². The molecule has 2 nitrogen and oxygen atoms in total. The third-order valence-corrected chi connectivity index (χ3v) is 3.05. The molecule has 2 rings (SSSR count). The van der Waals surface area contributed by atoms with Crippen LogP contribution in [0, 0.1) is 13.8 Å². The van der Waals surface area contributed by atoms with Crippen molar-refractivity contribution in [3.8, 4) is 5.75 Å². The summed E-state index contributed by atoms with van der Waals surface area (Å²) in [5.74, 6) is 0.666. The molecule has 0 unspecified atom stereocenters. The number of para-hydroxylation sites is 1. The Morgan fingerprint density at radius 1 is 0.889 bits per heavy atom. The molecule has 0 atom stereocenters. The lowest BCUT2D eigenvalue weighted by atomic mass is 9.97. The van der Waals surface area contributed by atoms with E-state index in [1.807, 2.05) is 50.2 Å². The first-order valence-electron chi connectivity index (χ1n) is 5.89. The zero-order valence-electron chi connectivity index (χ0n) is 10.9. The number of benzene rings is 2. The Bertz CT molecular complexity index is 585. The van der Waals surface area contributed by atoms with Gasteiger partial charge in [0.2, 0.25) is 0 Å². The molecule has 0 saturated carbocycles. The number of aryl methyl sites for hydroxylation is 2. The van der Waals surface area contributed by atoms with Crippen LogP contribution in [0.25, 0.3) is 0 Å². The average molecular weight is 240 g/mol. The average Bonchev–Trinajstić information content (AvgIpc) is 2.38. The first kappa shape index (κ1) is 12.4. The number of ketones is 1. The Labute approximate surface area is 107 Å². The third kappa shape index (κ3) is 2.14. The molecule has 2 aromatic rings. The summed E-state index contributed by atoms with van der Waals surface area (Å²) in [6.07, 6.45) is 0. The fourth-order valence-corrected chi connectivity index (χ4v) is 2.07. The Morgan fingerprint density at radius 3 is 2.17 bits per heavy atom. The molecular formula is C16H16O2. The van der Waals surface area contributed by atoms with Gasteiger partial charge in [0.25, 0.3) is 0 Å². The summed E-state index contributed by atoms with van der Waals surface area (Å²) in [6, 6.07) is 13.2. The van der Waals surface area contributed by atoms with Crippen molar-refractivity contribution in [3.05, 3.63) is 64.7 Å². The highest BCUT2D eigenvalue weighted by atomic mass is 16.5. The normalized spacial score (nSPS) is 10.2. The van der Waals surface area contributed by atoms with Gasteiger partial charge in [-0.25, -0.2) is 0 Å². The van der Waals surface area contributed by atoms with Crippen molar-refractivity contribution in [1.29, 1.82) is 0 Å². The van der Waals surface area contributed by atoms with Crippen LogP contribution in [0.15, 0.2) is 42.5 Å². The van der Waals surface area contributed by atoms with Crippen molar-refractivity contribution in [2.45, 2.75) is 13.8 Å². The molecular weight excluding hydrogens is 224 g/mol. The molecule has 92 valence electrons. The Balaban J connectivity index is 2.54. The number of rotatable bonds is 3. The van der Waals surface area contributed by atoms with Gasteiger partial charge in [0.05, 0.1) is 12.7 Å². The summed E-state index contributed by atoms with van der Waals surface area (Å²) in [6.45, 7) is 3.88. The SMILES string of the molecule is COc1c(C)cccc1C(=O)c1ccccc1C. The summed E-state index contributed by atoms with van der Waals surface area (Å²) in [5.41, 5.74) is 3.29. The highest BCUT2D eigenvalue weighted by Crippen LogP contribution is 2.26. The molecule has 0 saturated heterocycles. The zero-order chi connectivity index (χ0) is 13.1. The number of methoxy groups -OCH3 is 1. The van der Waals surface area contributed by atoms with Crippen LogP contribution in [-0.2, 0) is 0 Å². The lowest BCUT2D eigenvalue weighted by molar-refractivity contribution is 0.103. The second-order valence-electron chi connectivity index (χ2n) is 4.30. The Hall–Kier alpha value is -2.09. The monoisotopic (exact) mass is 240 g/mol. The number of carbonyl (C=O) groups excluding carboxylic acids is 1. The van der Waals surface area contributed by atoms with Gasteiger partial charge in [-0.2, -0.15) is 0 Å². The van der Waals surface area contributed by atoms with Crippen molar-refractivity contribution in [2.75, 3.05) is 7.11 Å². The van der Waals surface area contributed by atoms with Gasteiger partial charge in [0.1, 0.15) is 5.75 Å². The second-order valence-corrected chi connectivity index (χ2v) is 4.30. The molecule has 0 aliphatic rings. The van der Waals surface area contributed by atoms with E-state index in [1.54, 1.807) is 13.2 Å². The predicted molar refractivity (Wildman–Crippen MR) is 72.3 cm³/mol. The van der Waals surface area contributed by atoms with Crippen LogP contribution in [0.4, 0.5) is 0 Å². The van der Waals surface area contributed by atoms with Crippen LogP contribution >= 0.6 is 0 Å². The first-order valence-corrected chi connectivity index (χ1v) is 5.89. The van der Waals surface area contributed by atoms with E-state index in [1.165, 1.54) is 0 Å². The number of carbonyl (C=O) groups is 1. The van der Waals surface area contributed by atoms with Crippen LogP contribution in [-0.4, -0.2) is 12.9 Å². The minimum absolute atomic E-state index is 0.00801. The third-order valence-electron chi connectivity index (χ3n) is 3.05. The summed E-state index contributed by atoms with van der Waals surface area (Å²) in [7, 11) is 1.59. The van der Waals surface area contributed by atoms with Crippen molar-refractivity contribution < 1.29 is 9.53 Å². The lowest BCUT2D eigenvalue weighted by Crippen LogP contribution is -2.06. The quantitative estimate of drug-likeness (QED) is 0.767. The highest BCUT2D eigenvalue weighted by Gasteiger charge is 2.16. The molecule has 0 N–H and O–H groups in total. The topological polar surface area (TPSA) is 26.3 Å². The molecule has 0 bridgehead atoms. The van der Waals surface area contributed by atoms with Gasteiger partial charge in [-0.1, -0.05) is 36.4 Å². The Kier molecular flexibility index (Phi) is 3.47. The van der Waals surface area contributed by atoms with Gasteiger partial charge in [-0.15, -0.1) is 0 Å². The van der Waals surface area contributed by atoms with Crippen LogP contribution in [0.1, 0.15) is 27.0 Å². The first-order chi connectivity index (χ1) is 8.65. The van der Waals surface area contributed by atoms with Gasteiger partial charge in [-0.3, -0.25) is 4.79 Å². The fourth-order valence-electron chi connectivity index (χ4n) is 2.07. The minimum Gasteiger partial charge on any atom is -0.496 e. The minimum atomic E-state index is 0.00801. The van der Waals surface area contributed by atoms with Crippen molar-refractivity contribution >= 4 is 5.78 Å². The summed E-state index contributed by atoms with van der Waals surface area (Å²) >= 11 is 0. The largest absolute Gasteiger partial charge is 0.496 e. The maximum absolute atomic E-state index is 12.5. The highest BCUT2D eigenvalue weighted by molar-refractivity contribution is 6.11. The van der Waals surface area contributed by atoms with E-state index in [0.29, 0.717) is 11.3 Å². The van der Waals surface area contributed by atoms with Crippen LogP contribution in [0.3, 0.4) is 0 Å². The molecule has 0 aliphatic heterocycles. The molecule has 0 amide bonds. The Morgan fingerprint density at radius 2 is 1.50 bits per heavy atom. The molecule has 2 heteroatoms. The number of ether oxygens (including phenoxy) is 1. The van der Waals surface area contributed by atoms with E-state index in [0.717, 1.165) is 16.7 Å². The molecule has 2 aromatic carbocycles. The summed E-state index contributed by atoms with van der Waals surface area (Å²) in [5, 5.41) is 0. The van der Waals surface area contributed by atoms with E-state index in [4.69, 9.17) is 4.74 Å². The van der Waals surface area contributed by atoms with Gasteiger partial charge >= 0.3 is 0 Å². The molecule has 0 aromatic heterocycles. The van der Waals surface area contributed by atoms with Crippen molar-refractivity contribution in [3.63, 3.8) is 0 Å². The molecule has 0 aliphatic carbocycles. The molecule has 0 heterocycles. The van der Waals surface area contributed by atoms with Gasteiger partial charge in [0.15, 0.2) is 5.78 Å². The maximum Gasteiger partial charge on any atom is 0.197 e. The molecule has 0 spiro atoms. The van der Waals surface area contributed by atoms with Crippen molar-refractivity contribution in [2.24, 2.45) is 0 Å². The van der Waals surface area contributed by atoms with E-state index < -0.39 is 0 Å². The van der Waals surface area contributed by atoms with Gasteiger partial charge in [0, 0.05) is 5.56 Å². The van der Waals surface area contributed by atoms with Crippen molar-refractivity contribution in [1.82, 2.24) is 0 Å². The predicted octanol–water partition coefficient (Wildman–Crippen LogP) is 3.54.